The molecule has 0 saturated heterocycles. The van der Waals surface area contributed by atoms with Gasteiger partial charge < -0.3 is 10.1 Å². The van der Waals surface area contributed by atoms with Crippen molar-refractivity contribution in [3.8, 4) is 5.75 Å². The van der Waals surface area contributed by atoms with E-state index in [1.54, 1.807) is 24.3 Å². The average Bonchev–Trinajstić information content (AvgIpc) is 2.59. The quantitative estimate of drug-likeness (QED) is 0.741. The largest absolute Gasteiger partial charge is 0.417 e. The Balaban J connectivity index is 2.02. The van der Waals surface area contributed by atoms with E-state index in [-0.39, 0.29) is 11.8 Å². The van der Waals surface area contributed by atoms with Crippen LogP contribution in [0.25, 0.3) is 0 Å². The summed E-state index contributed by atoms with van der Waals surface area (Å²) in [5, 5.41) is 5.63. The minimum atomic E-state index is -0.565. The van der Waals surface area contributed by atoms with Gasteiger partial charge in [-0.05, 0) is 43.5 Å². The van der Waals surface area contributed by atoms with Crippen LogP contribution >= 0.6 is 0 Å². The first-order chi connectivity index (χ1) is 12.4. The highest BCUT2D eigenvalue weighted by atomic mass is 16.6. The molecule has 0 heterocycles. The molecule has 0 fully saturated rings. The van der Waals surface area contributed by atoms with E-state index in [2.05, 4.69) is 10.6 Å². The Bertz CT molecular complexity index is 766. The second-order valence-corrected chi connectivity index (χ2v) is 6.49. The van der Waals surface area contributed by atoms with E-state index in [4.69, 9.17) is 4.74 Å². The van der Waals surface area contributed by atoms with E-state index in [9.17, 15) is 9.59 Å². The molecule has 0 radical (unpaired) electrons. The van der Waals surface area contributed by atoms with Crippen molar-refractivity contribution >= 4 is 23.4 Å². The molecule has 0 saturated carbocycles. The zero-order chi connectivity index (χ0) is 19.1. The van der Waals surface area contributed by atoms with E-state index >= 15 is 0 Å². The van der Waals surface area contributed by atoms with Crippen LogP contribution in [0.15, 0.2) is 42.5 Å². The van der Waals surface area contributed by atoms with Crippen molar-refractivity contribution in [2.75, 3.05) is 10.6 Å². The summed E-state index contributed by atoms with van der Waals surface area (Å²) in [7, 11) is 0. The summed E-state index contributed by atoms with van der Waals surface area (Å²) in [5.74, 6) is 0.274. The van der Waals surface area contributed by atoms with Gasteiger partial charge in [-0.25, -0.2) is 4.79 Å². The topological polar surface area (TPSA) is 67.4 Å². The number of ether oxygens (including phenoxy) is 1. The number of rotatable bonds is 6. The van der Waals surface area contributed by atoms with Crippen LogP contribution in [-0.4, -0.2) is 12.0 Å². The van der Waals surface area contributed by atoms with Gasteiger partial charge in [0.1, 0.15) is 5.75 Å². The number of hydrogen-bond acceptors (Lipinski definition) is 3. The fourth-order valence-electron chi connectivity index (χ4n) is 2.71. The number of benzene rings is 2. The molecule has 0 aliphatic rings. The monoisotopic (exact) mass is 354 g/mol. The van der Waals surface area contributed by atoms with Crippen LogP contribution in [0.4, 0.5) is 16.2 Å². The maximum absolute atomic E-state index is 12.2. The van der Waals surface area contributed by atoms with Gasteiger partial charge in [-0.2, -0.15) is 0 Å². The third-order valence-electron chi connectivity index (χ3n) is 4.19. The van der Waals surface area contributed by atoms with Crippen LogP contribution in [0.3, 0.4) is 0 Å². The molecule has 0 aliphatic heterocycles. The second kappa shape index (κ2) is 9.04. The fourth-order valence-corrected chi connectivity index (χ4v) is 2.71. The lowest BCUT2D eigenvalue weighted by Crippen LogP contribution is -2.20. The smallest absolute Gasteiger partial charge is 0.410 e. The zero-order valence-electron chi connectivity index (χ0n) is 15.8. The summed E-state index contributed by atoms with van der Waals surface area (Å²) >= 11 is 0. The van der Waals surface area contributed by atoms with Crippen LogP contribution in [0.5, 0.6) is 5.75 Å². The van der Waals surface area contributed by atoms with Gasteiger partial charge in [-0.15, -0.1) is 0 Å². The van der Waals surface area contributed by atoms with E-state index in [1.807, 2.05) is 45.9 Å². The fraction of sp³-hybridized carbons (Fsp3) is 0.333. The molecule has 1 unspecified atom stereocenters. The maximum atomic E-state index is 12.2. The van der Waals surface area contributed by atoms with Crippen molar-refractivity contribution < 1.29 is 14.3 Å². The Hall–Kier alpha value is -2.82. The maximum Gasteiger partial charge on any atom is 0.417 e. The Labute approximate surface area is 154 Å². The van der Waals surface area contributed by atoms with Crippen molar-refractivity contribution in [2.24, 2.45) is 5.92 Å². The number of carbonyl (C=O) groups is 2. The first kappa shape index (κ1) is 19.5. The highest BCUT2D eigenvalue weighted by Gasteiger charge is 2.13. The molecular formula is C21H26N2O3. The summed E-state index contributed by atoms with van der Waals surface area (Å²) in [6, 6.07) is 12.6. The van der Waals surface area contributed by atoms with Crippen molar-refractivity contribution in [2.45, 2.75) is 40.5 Å². The van der Waals surface area contributed by atoms with Gasteiger partial charge >= 0.3 is 6.09 Å². The van der Waals surface area contributed by atoms with Crippen molar-refractivity contribution in [3.63, 3.8) is 0 Å². The lowest BCUT2D eigenvalue weighted by atomic mass is 10.1. The number of carbonyl (C=O) groups excluding carboxylic acids is 2. The van der Waals surface area contributed by atoms with Crippen LogP contribution in [0.1, 0.15) is 37.8 Å². The molecule has 138 valence electrons. The number of hydrogen-bond donors (Lipinski definition) is 2. The van der Waals surface area contributed by atoms with Crippen LogP contribution in [0.2, 0.25) is 0 Å². The molecule has 0 aromatic heterocycles. The number of nitrogens with one attached hydrogen (secondary N) is 2. The minimum absolute atomic E-state index is 0.0380. The molecule has 5 heteroatoms. The van der Waals surface area contributed by atoms with Crippen molar-refractivity contribution in [3.05, 3.63) is 53.6 Å². The normalized spacial score (nSPS) is 11.5. The molecule has 1 atom stereocenters. The molecule has 0 spiro atoms. The number of amides is 2. The summed E-state index contributed by atoms with van der Waals surface area (Å²) in [6.07, 6.45) is 1.22. The van der Waals surface area contributed by atoms with E-state index in [0.717, 1.165) is 29.7 Å². The second-order valence-electron chi connectivity index (χ2n) is 6.49. The predicted molar refractivity (Wildman–Crippen MR) is 105 cm³/mol. The van der Waals surface area contributed by atoms with E-state index < -0.39 is 6.09 Å². The molecule has 2 amide bonds. The molecule has 0 bridgehead atoms. The van der Waals surface area contributed by atoms with Crippen LogP contribution in [0, 0.1) is 19.8 Å². The first-order valence-corrected chi connectivity index (χ1v) is 8.86. The van der Waals surface area contributed by atoms with E-state index in [0.29, 0.717) is 11.4 Å². The molecule has 2 aromatic carbocycles. The Morgan fingerprint density at radius 3 is 2.35 bits per heavy atom. The number of anilines is 2. The summed E-state index contributed by atoms with van der Waals surface area (Å²) in [5.41, 5.74) is 3.28. The zero-order valence-corrected chi connectivity index (χ0v) is 15.8. The summed E-state index contributed by atoms with van der Waals surface area (Å²) < 4.78 is 5.36. The Kier molecular flexibility index (Phi) is 6.78. The highest BCUT2D eigenvalue weighted by molar-refractivity contribution is 5.93. The minimum Gasteiger partial charge on any atom is -0.410 e. The van der Waals surface area contributed by atoms with E-state index in [1.165, 1.54) is 0 Å². The summed E-state index contributed by atoms with van der Waals surface area (Å²) in [6.45, 7) is 7.80. The van der Waals surface area contributed by atoms with Gasteiger partial charge in [0, 0.05) is 23.4 Å². The third kappa shape index (κ3) is 5.34. The average molecular weight is 354 g/mol. The molecule has 0 aliphatic carbocycles. The standard InChI is InChI=1S/C21H26N2O3/c1-5-8-16(4)20(24)22-17-11-7-12-18(13-17)26-21(25)23-19-14(2)9-6-10-15(19)3/h6-7,9-13,16H,5,8H2,1-4H3,(H,22,24)(H,23,25). The predicted octanol–water partition coefficient (Wildman–Crippen LogP) is 5.29. The van der Waals surface area contributed by atoms with Crippen LogP contribution in [-0.2, 0) is 4.79 Å². The van der Waals surface area contributed by atoms with Gasteiger partial charge in [-0.3, -0.25) is 10.1 Å². The van der Waals surface area contributed by atoms with Gasteiger partial charge in [0.15, 0.2) is 0 Å². The lowest BCUT2D eigenvalue weighted by Gasteiger charge is -2.13. The molecule has 26 heavy (non-hydrogen) atoms. The van der Waals surface area contributed by atoms with Gasteiger partial charge in [0.25, 0.3) is 0 Å². The molecule has 2 rings (SSSR count). The van der Waals surface area contributed by atoms with Gasteiger partial charge in [0.2, 0.25) is 5.91 Å². The van der Waals surface area contributed by atoms with Crippen molar-refractivity contribution in [1.82, 2.24) is 0 Å². The first-order valence-electron chi connectivity index (χ1n) is 8.86. The molecular weight excluding hydrogens is 328 g/mol. The van der Waals surface area contributed by atoms with Crippen molar-refractivity contribution in [1.29, 1.82) is 0 Å². The Morgan fingerprint density at radius 2 is 1.69 bits per heavy atom. The highest BCUT2D eigenvalue weighted by Crippen LogP contribution is 2.22. The molecule has 2 aromatic rings. The Morgan fingerprint density at radius 1 is 1.04 bits per heavy atom. The molecule has 2 N–H and O–H groups in total. The van der Waals surface area contributed by atoms with Gasteiger partial charge in [-0.1, -0.05) is 44.5 Å². The summed E-state index contributed by atoms with van der Waals surface area (Å²) in [4.78, 5) is 24.3. The van der Waals surface area contributed by atoms with Gasteiger partial charge in [0.05, 0.1) is 0 Å². The third-order valence-corrected chi connectivity index (χ3v) is 4.19. The SMILES string of the molecule is CCCC(C)C(=O)Nc1cccc(OC(=O)Nc2c(C)cccc2C)c1. The lowest BCUT2D eigenvalue weighted by molar-refractivity contribution is -0.119. The molecule has 5 nitrogen and oxygen atoms in total. The number of para-hydroxylation sites is 1. The van der Waals surface area contributed by atoms with Crippen LogP contribution < -0.4 is 15.4 Å². The number of aryl methyl sites for hydroxylation is 2.